The van der Waals surface area contributed by atoms with Crippen LogP contribution in [0.3, 0.4) is 0 Å². The Hall–Kier alpha value is -1.52. The predicted octanol–water partition coefficient (Wildman–Crippen LogP) is -0.872. The lowest BCUT2D eigenvalue weighted by Crippen LogP contribution is -2.23. The van der Waals surface area contributed by atoms with Crippen LogP contribution in [0.5, 0.6) is 0 Å². The molecule has 0 bridgehead atoms. The lowest BCUT2D eigenvalue weighted by atomic mass is 10.4. The number of aliphatic hydroxyl groups excluding tert-OH is 1. The van der Waals surface area contributed by atoms with Crippen molar-refractivity contribution in [2.24, 2.45) is 0 Å². The molecular formula is C7H11N3O6S. The monoisotopic (exact) mass is 265 g/mol. The molecule has 0 aliphatic heterocycles. The summed E-state index contributed by atoms with van der Waals surface area (Å²) >= 11 is 0. The molecule has 0 amide bonds. The van der Waals surface area contributed by atoms with Crippen LogP contribution in [-0.4, -0.2) is 47.0 Å². The zero-order valence-electron chi connectivity index (χ0n) is 8.88. The number of aliphatic hydroxyl groups is 1. The predicted molar refractivity (Wildman–Crippen MR) is 55.7 cm³/mol. The number of aromatic nitrogens is 2. The smallest absolute Gasteiger partial charge is 0.390 e. The van der Waals surface area contributed by atoms with Crippen LogP contribution >= 0.6 is 0 Å². The van der Waals surface area contributed by atoms with Crippen LogP contribution in [0.4, 0.5) is 5.95 Å². The zero-order chi connectivity index (χ0) is 13.1. The molecule has 0 saturated carbocycles. The van der Waals surface area contributed by atoms with Crippen molar-refractivity contribution in [2.75, 3.05) is 12.9 Å². The van der Waals surface area contributed by atoms with E-state index in [9.17, 15) is 23.6 Å². The van der Waals surface area contributed by atoms with Crippen LogP contribution in [0, 0.1) is 10.1 Å². The van der Waals surface area contributed by atoms with Crippen LogP contribution in [-0.2, 0) is 20.8 Å². The first kappa shape index (κ1) is 13.5. The summed E-state index contributed by atoms with van der Waals surface area (Å²) in [7, 11) is -3.64. The summed E-state index contributed by atoms with van der Waals surface area (Å²) in [6.07, 6.45) is 2.18. The van der Waals surface area contributed by atoms with Gasteiger partial charge < -0.3 is 15.2 Å². The van der Waals surface area contributed by atoms with Crippen LogP contribution in [0.1, 0.15) is 0 Å². The maximum Gasteiger partial charge on any atom is 0.434 e. The van der Waals surface area contributed by atoms with Gasteiger partial charge in [0.25, 0.3) is 10.1 Å². The van der Waals surface area contributed by atoms with E-state index < -0.39 is 33.7 Å². The van der Waals surface area contributed by atoms with Crippen molar-refractivity contribution in [3.05, 3.63) is 22.5 Å². The summed E-state index contributed by atoms with van der Waals surface area (Å²) in [6.45, 7) is -0.639. The molecule has 1 N–H and O–H groups in total. The molecule has 0 fully saturated rings. The van der Waals surface area contributed by atoms with Crippen molar-refractivity contribution in [1.82, 2.24) is 9.55 Å². The lowest BCUT2D eigenvalue weighted by molar-refractivity contribution is -0.397. The molecule has 10 heteroatoms. The van der Waals surface area contributed by atoms with Gasteiger partial charge in [-0.1, -0.05) is 4.98 Å². The summed E-state index contributed by atoms with van der Waals surface area (Å²) in [4.78, 5) is 13.3. The fraction of sp³-hybridized carbons (Fsp3) is 0.571. The molecule has 1 unspecified atom stereocenters. The topological polar surface area (TPSA) is 125 Å². The minimum atomic E-state index is -3.64. The normalized spacial score (nSPS) is 13.5. The van der Waals surface area contributed by atoms with Gasteiger partial charge in [-0.3, -0.25) is 4.18 Å². The third kappa shape index (κ3) is 4.46. The minimum absolute atomic E-state index is 0.175. The van der Waals surface area contributed by atoms with E-state index in [0.29, 0.717) is 0 Å². The molecule has 17 heavy (non-hydrogen) atoms. The molecule has 1 heterocycles. The van der Waals surface area contributed by atoms with Crippen LogP contribution in [0.15, 0.2) is 12.4 Å². The molecule has 1 aromatic rings. The van der Waals surface area contributed by atoms with E-state index in [1.54, 1.807) is 0 Å². The number of hydrogen-bond donors (Lipinski definition) is 1. The maximum atomic E-state index is 10.7. The van der Waals surface area contributed by atoms with Gasteiger partial charge in [-0.15, -0.1) is 0 Å². The highest BCUT2D eigenvalue weighted by molar-refractivity contribution is 7.85. The average Bonchev–Trinajstić information content (AvgIpc) is 2.62. The Kier molecular flexibility index (Phi) is 4.15. The highest BCUT2D eigenvalue weighted by Gasteiger charge is 2.18. The SMILES string of the molecule is CS(=O)(=O)OCC(O)Cn1ccnc1[N+](=O)[O-]. The number of nitrogens with zero attached hydrogens (tertiary/aromatic N) is 3. The van der Waals surface area contributed by atoms with Crippen molar-refractivity contribution in [1.29, 1.82) is 0 Å². The van der Waals surface area contributed by atoms with Crippen molar-refractivity contribution in [3.63, 3.8) is 0 Å². The van der Waals surface area contributed by atoms with Gasteiger partial charge >= 0.3 is 5.95 Å². The van der Waals surface area contributed by atoms with Gasteiger partial charge in [0.15, 0.2) is 0 Å². The highest BCUT2D eigenvalue weighted by Crippen LogP contribution is 2.08. The van der Waals surface area contributed by atoms with Crippen LogP contribution in [0.25, 0.3) is 0 Å². The first-order chi connectivity index (χ1) is 7.79. The van der Waals surface area contributed by atoms with Crippen molar-refractivity contribution >= 4 is 16.1 Å². The first-order valence-corrected chi connectivity index (χ1v) is 6.29. The second kappa shape index (κ2) is 5.21. The van der Waals surface area contributed by atoms with Crippen molar-refractivity contribution in [3.8, 4) is 0 Å². The highest BCUT2D eigenvalue weighted by atomic mass is 32.2. The van der Waals surface area contributed by atoms with E-state index in [0.717, 1.165) is 10.8 Å². The second-order valence-electron chi connectivity index (χ2n) is 3.28. The Bertz CT molecular complexity index is 495. The molecule has 1 atom stereocenters. The Labute approximate surface area is 96.9 Å². The minimum Gasteiger partial charge on any atom is -0.390 e. The fourth-order valence-corrected chi connectivity index (χ4v) is 1.50. The summed E-state index contributed by atoms with van der Waals surface area (Å²) < 4.78 is 26.8. The van der Waals surface area contributed by atoms with E-state index in [1.807, 2.05) is 0 Å². The van der Waals surface area contributed by atoms with Gasteiger partial charge in [0.1, 0.15) is 18.5 Å². The standard InChI is InChI=1S/C7H11N3O6S/c1-17(14,15)16-5-6(11)4-9-3-2-8-7(9)10(12)13/h2-3,6,11H,4-5H2,1H3. The Balaban J connectivity index is 2.59. The molecule has 1 rings (SSSR count). The molecule has 0 saturated heterocycles. The number of rotatable bonds is 6. The van der Waals surface area contributed by atoms with Gasteiger partial charge in [0, 0.05) is 0 Å². The van der Waals surface area contributed by atoms with Gasteiger partial charge in [-0.2, -0.15) is 8.42 Å². The second-order valence-corrected chi connectivity index (χ2v) is 4.92. The first-order valence-electron chi connectivity index (χ1n) is 4.47. The molecule has 1 aromatic heterocycles. The average molecular weight is 265 g/mol. The van der Waals surface area contributed by atoms with Gasteiger partial charge in [0.2, 0.25) is 0 Å². The van der Waals surface area contributed by atoms with Gasteiger partial charge in [-0.05, 0) is 4.92 Å². The third-order valence-electron chi connectivity index (χ3n) is 1.74. The molecular weight excluding hydrogens is 254 g/mol. The van der Waals surface area contributed by atoms with Gasteiger partial charge in [0.05, 0.1) is 19.4 Å². The number of imidazole rings is 1. The lowest BCUT2D eigenvalue weighted by Gasteiger charge is -2.09. The molecule has 0 radical (unpaired) electrons. The van der Waals surface area contributed by atoms with E-state index in [4.69, 9.17) is 0 Å². The van der Waals surface area contributed by atoms with Crippen LogP contribution in [0.2, 0.25) is 0 Å². The van der Waals surface area contributed by atoms with E-state index in [2.05, 4.69) is 9.17 Å². The summed E-state index contributed by atoms with van der Waals surface area (Å²) in [5.74, 6) is -0.427. The molecule has 0 spiro atoms. The summed E-state index contributed by atoms with van der Waals surface area (Å²) in [6, 6.07) is 0. The summed E-state index contributed by atoms with van der Waals surface area (Å²) in [5.41, 5.74) is 0. The van der Waals surface area contributed by atoms with E-state index >= 15 is 0 Å². The van der Waals surface area contributed by atoms with Gasteiger partial charge in [-0.25, -0.2) is 4.57 Å². The molecule has 0 aromatic carbocycles. The number of nitro groups is 1. The molecule has 9 nitrogen and oxygen atoms in total. The molecule has 96 valence electrons. The molecule has 0 aliphatic carbocycles. The Morgan fingerprint density at radius 1 is 1.71 bits per heavy atom. The largest absolute Gasteiger partial charge is 0.434 e. The van der Waals surface area contributed by atoms with E-state index in [1.165, 1.54) is 12.4 Å². The summed E-state index contributed by atoms with van der Waals surface area (Å²) in [5, 5.41) is 19.9. The number of hydrogen-bond acceptors (Lipinski definition) is 7. The Morgan fingerprint density at radius 3 is 2.88 bits per heavy atom. The van der Waals surface area contributed by atoms with Crippen molar-refractivity contribution in [2.45, 2.75) is 12.6 Å². The van der Waals surface area contributed by atoms with Crippen LogP contribution < -0.4 is 0 Å². The maximum absolute atomic E-state index is 10.7. The van der Waals surface area contributed by atoms with E-state index in [-0.39, 0.29) is 6.54 Å². The van der Waals surface area contributed by atoms with Crippen molar-refractivity contribution < 1.29 is 22.6 Å². The Morgan fingerprint density at radius 2 is 2.35 bits per heavy atom. The third-order valence-corrected chi connectivity index (χ3v) is 2.30. The molecule has 0 aliphatic rings. The fourth-order valence-electron chi connectivity index (χ4n) is 1.10. The quantitative estimate of drug-likeness (QED) is 0.402. The zero-order valence-corrected chi connectivity index (χ0v) is 9.70.